The maximum Gasteiger partial charge on any atom is 0.312 e. The lowest BCUT2D eigenvalue weighted by Crippen LogP contribution is -2.15. The van der Waals surface area contributed by atoms with Crippen LogP contribution in [-0.4, -0.2) is 16.2 Å². The molecule has 0 atom stereocenters. The summed E-state index contributed by atoms with van der Waals surface area (Å²) in [6, 6.07) is 14.6. The van der Waals surface area contributed by atoms with Gasteiger partial charge in [-0.25, -0.2) is 5.10 Å². The van der Waals surface area contributed by atoms with E-state index < -0.39 is 5.97 Å². The Labute approximate surface area is 140 Å². The number of carbonyl (C=O) groups is 1. The van der Waals surface area contributed by atoms with Crippen molar-refractivity contribution in [1.29, 1.82) is 0 Å². The maximum atomic E-state index is 12.0. The number of carbonyl (C=O) groups excluding carboxylic acids is 1. The first kappa shape index (κ1) is 15.4. The zero-order chi connectivity index (χ0) is 16.2. The molecule has 1 aromatic heterocycles. The first-order chi connectivity index (χ1) is 11.1. The standard InChI is InChI=1S/C17H13BrN2O3/c18-12-7-5-11(6-8-12)10-23-16(21)9-15-13-3-1-2-4-14(13)17(22)20-19-15/h1-8H,9-10H2,(H,20,22). The Bertz CT molecular complexity index is 904. The first-order valence-electron chi connectivity index (χ1n) is 7.00. The number of nitrogens with zero attached hydrogens (tertiary/aromatic N) is 1. The highest BCUT2D eigenvalue weighted by molar-refractivity contribution is 9.10. The van der Waals surface area contributed by atoms with Gasteiger partial charge in [0.2, 0.25) is 0 Å². The summed E-state index contributed by atoms with van der Waals surface area (Å²) in [5, 5.41) is 7.55. The number of halogens is 1. The van der Waals surface area contributed by atoms with Crippen LogP contribution in [0.4, 0.5) is 0 Å². The SMILES string of the molecule is O=C(Cc1n[nH]c(=O)c2ccccc12)OCc1ccc(Br)cc1. The molecule has 0 aliphatic carbocycles. The molecule has 2 aromatic carbocycles. The summed E-state index contributed by atoms with van der Waals surface area (Å²) < 4.78 is 6.23. The fraction of sp³-hybridized carbons (Fsp3) is 0.118. The minimum Gasteiger partial charge on any atom is -0.461 e. The number of aromatic nitrogens is 2. The Morgan fingerprint density at radius 3 is 2.52 bits per heavy atom. The normalized spacial score (nSPS) is 10.7. The third-order valence-corrected chi connectivity index (χ3v) is 3.93. The summed E-state index contributed by atoms with van der Waals surface area (Å²) in [7, 11) is 0. The zero-order valence-corrected chi connectivity index (χ0v) is 13.7. The van der Waals surface area contributed by atoms with E-state index in [1.165, 1.54) is 0 Å². The molecular weight excluding hydrogens is 360 g/mol. The molecule has 0 saturated carbocycles. The fourth-order valence-corrected chi connectivity index (χ4v) is 2.50. The van der Waals surface area contributed by atoms with Gasteiger partial charge in [0.1, 0.15) is 6.61 Å². The molecule has 6 heteroatoms. The number of nitrogens with one attached hydrogen (secondary N) is 1. The van der Waals surface area contributed by atoms with Crippen molar-refractivity contribution in [2.45, 2.75) is 13.0 Å². The van der Waals surface area contributed by atoms with Crippen LogP contribution in [0.5, 0.6) is 0 Å². The highest BCUT2D eigenvalue weighted by Gasteiger charge is 2.11. The molecule has 3 aromatic rings. The van der Waals surface area contributed by atoms with Gasteiger partial charge in [0, 0.05) is 9.86 Å². The second-order valence-electron chi connectivity index (χ2n) is 5.01. The first-order valence-corrected chi connectivity index (χ1v) is 7.79. The van der Waals surface area contributed by atoms with Gasteiger partial charge >= 0.3 is 5.97 Å². The van der Waals surface area contributed by atoms with Crippen molar-refractivity contribution in [3.63, 3.8) is 0 Å². The molecule has 0 aliphatic heterocycles. The summed E-state index contributed by atoms with van der Waals surface area (Å²) in [4.78, 5) is 23.7. The lowest BCUT2D eigenvalue weighted by Gasteiger charge is -2.06. The van der Waals surface area contributed by atoms with Crippen LogP contribution in [0.3, 0.4) is 0 Å². The van der Waals surface area contributed by atoms with Gasteiger partial charge in [-0.15, -0.1) is 0 Å². The number of benzene rings is 2. The number of aromatic amines is 1. The highest BCUT2D eigenvalue weighted by Crippen LogP contribution is 2.14. The molecule has 0 saturated heterocycles. The summed E-state index contributed by atoms with van der Waals surface area (Å²) in [6.45, 7) is 0.202. The number of H-pyrrole nitrogens is 1. The summed E-state index contributed by atoms with van der Waals surface area (Å²) in [5.41, 5.74) is 1.13. The highest BCUT2D eigenvalue weighted by atomic mass is 79.9. The Balaban J connectivity index is 1.72. The number of hydrogen-bond donors (Lipinski definition) is 1. The van der Waals surface area contributed by atoms with Crippen LogP contribution in [0.2, 0.25) is 0 Å². The van der Waals surface area contributed by atoms with Crippen LogP contribution >= 0.6 is 15.9 Å². The number of rotatable bonds is 4. The molecule has 0 fully saturated rings. The van der Waals surface area contributed by atoms with Crippen LogP contribution in [0.1, 0.15) is 11.3 Å². The molecule has 0 unspecified atom stereocenters. The lowest BCUT2D eigenvalue weighted by atomic mass is 10.1. The molecular formula is C17H13BrN2O3. The van der Waals surface area contributed by atoms with Crippen LogP contribution in [0.15, 0.2) is 57.8 Å². The van der Waals surface area contributed by atoms with Crippen LogP contribution in [-0.2, 0) is 22.6 Å². The van der Waals surface area contributed by atoms with Gasteiger partial charge in [-0.3, -0.25) is 9.59 Å². The quantitative estimate of drug-likeness (QED) is 0.714. The van der Waals surface area contributed by atoms with Gasteiger partial charge in [0.15, 0.2) is 0 Å². The molecule has 23 heavy (non-hydrogen) atoms. The monoisotopic (exact) mass is 372 g/mol. The van der Waals surface area contributed by atoms with Crippen molar-refractivity contribution in [2.75, 3.05) is 0 Å². The average molecular weight is 373 g/mol. The smallest absolute Gasteiger partial charge is 0.312 e. The third kappa shape index (κ3) is 3.65. The Kier molecular flexibility index (Phi) is 4.52. The van der Waals surface area contributed by atoms with E-state index in [4.69, 9.17) is 4.74 Å². The minimum absolute atomic E-state index is 0.00776. The van der Waals surface area contributed by atoms with Gasteiger partial charge in [0.25, 0.3) is 5.56 Å². The molecule has 3 rings (SSSR count). The molecule has 116 valence electrons. The van der Waals surface area contributed by atoms with E-state index in [-0.39, 0.29) is 18.6 Å². The van der Waals surface area contributed by atoms with E-state index in [0.29, 0.717) is 16.5 Å². The van der Waals surface area contributed by atoms with E-state index >= 15 is 0 Å². The summed E-state index contributed by atoms with van der Waals surface area (Å²) in [6.07, 6.45) is 0.00776. The molecule has 1 heterocycles. The minimum atomic E-state index is -0.391. The van der Waals surface area contributed by atoms with Crippen LogP contribution in [0, 0.1) is 0 Å². The predicted molar refractivity (Wildman–Crippen MR) is 90.0 cm³/mol. The number of fused-ring (bicyclic) bond motifs is 1. The van der Waals surface area contributed by atoms with Crippen LogP contribution in [0.25, 0.3) is 10.8 Å². The van der Waals surface area contributed by atoms with Gasteiger partial charge in [-0.2, -0.15) is 5.10 Å². The number of hydrogen-bond acceptors (Lipinski definition) is 4. The molecule has 0 amide bonds. The third-order valence-electron chi connectivity index (χ3n) is 3.40. The van der Waals surface area contributed by atoms with Crippen molar-refractivity contribution in [3.8, 4) is 0 Å². The van der Waals surface area contributed by atoms with Crippen molar-refractivity contribution in [1.82, 2.24) is 10.2 Å². The van der Waals surface area contributed by atoms with Gasteiger partial charge in [0.05, 0.1) is 17.5 Å². The Morgan fingerprint density at radius 2 is 1.78 bits per heavy atom. The molecule has 0 spiro atoms. The summed E-state index contributed by atoms with van der Waals surface area (Å²) >= 11 is 3.35. The van der Waals surface area contributed by atoms with Crippen molar-refractivity contribution < 1.29 is 9.53 Å². The molecule has 0 radical (unpaired) electrons. The van der Waals surface area contributed by atoms with Gasteiger partial charge in [-0.05, 0) is 23.8 Å². The number of ether oxygens (including phenoxy) is 1. The lowest BCUT2D eigenvalue weighted by molar-refractivity contribution is -0.144. The van der Waals surface area contributed by atoms with Gasteiger partial charge < -0.3 is 4.74 Å². The predicted octanol–water partition coefficient (Wildman–Crippen LogP) is 2.97. The Hall–Kier alpha value is -2.47. The van der Waals surface area contributed by atoms with E-state index in [1.807, 2.05) is 24.3 Å². The number of esters is 1. The second kappa shape index (κ2) is 6.75. The van der Waals surface area contributed by atoms with Crippen molar-refractivity contribution in [3.05, 3.63) is 74.6 Å². The topological polar surface area (TPSA) is 72.0 Å². The Morgan fingerprint density at radius 1 is 1.09 bits per heavy atom. The van der Waals surface area contributed by atoms with Crippen molar-refractivity contribution >= 4 is 32.7 Å². The molecule has 0 aliphatic rings. The largest absolute Gasteiger partial charge is 0.461 e. The second-order valence-corrected chi connectivity index (χ2v) is 5.92. The molecule has 1 N–H and O–H groups in total. The van der Waals surface area contributed by atoms with E-state index in [1.54, 1.807) is 24.3 Å². The molecule has 5 nitrogen and oxygen atoms in total. The van der Waals surface area contributed by atoms with E-state index in [2.05, 4.69) is 26.1 Å². The van der Waals surface area contributed by atoms with E-state index in [9.17, 15) is 9.59 Å². The summed E-state index contributed by atoms with van der Waals surface area (Å²) in [5.74, 6) is -0.391. The molecule has 0 bridgehead atoms. The fourth-order valence-electron chi connectivity index (χ4n) is 2.24. The maximum absolute atomic E-state index is 12.0. The van der Waals surface area contributed by atoms with Gasteiger partial charge in [-0.1, -0.05) is 46.3 Å². The zero-order valence-electron chi connectivity index (χ0n) is 12.1. The van der Waals surface area contributed by atoms with Crippen molar-refractivity contribution in [2.24, 2.45) is 0 Å². The van der Waals surface area contributed by atoms with E-state index in [0.717, 1.165) is 10.0 Å². The average Bonchev–Trinajstić information content (AvgIpc) is 2.57. The van der Waals surface area contributed by atoms with Crippen LogP contribution < -0.4 is 5.56 Å².